The molecular formula is C27H27N7O2. The standard InChI is InChI=1S/C27H27N7O2/c1-17-13-19(34-12-11-28-16-34)15-21-24(17)32-25(31-21)23-20(9-10-29-26(23)35)30-22(27(36)33(2)3)14-18-7-5-4-6-8-18/h4-13,15-16,22H,14H2,1-3H3,(H,31,32)(H2,29,30,35). The highest BCUT2D eigenvalue weighted by Crippen LogP contribution is 2.28. The normalized spacial score (nSPS) is 12.0. The van der Waals surface area contributed by atoms with E-state index in [0.717, 1.165) is 27.8 Å². The SMILES string of the molecule is Cc1cc(-n2ccnc2)cc2[nH]c(-c3c(NC(Cc4ccccc4)C(=O)N(C)C)cc[nH]c3=O)nc12. The number of nitrogens with zero attached hydrogens (tertiary/aromatic N) is 4. The molecule has 2 aromatic carbocycles. The van der Waals surface area contributed by atoms with Crippen molar-refractivity contribution >= 4 is 22.6 Å². The first kappa shape index (κ1) is 23.1. The zero-order valence-corrected chi connectivity index (χ0v) is 20.3. The molecule has 3 heterocycles. The Balaban J connectivity index is 1.56. The van der Waals surface area contributed by atoms with Crippen molar-refractivity contribution in [1.82, 2.24) is 29.4 Å². The van der Waals surface area contributed by atoms with E-state index in [9.17, 15) is 9.59 Å². The lowest BCUT2D eigenvalue weighted by Crippen LogP contribution is -2.40. The minimum atomic E-state index is -0.568. The molecule has 1 amide bonds. The van der Waals surface area contributed by atoms with Gasteiger partial charge in [0.2, 0.25) is 5.91 Å². The van der Waals surface area contributed by atoms with Gasteiger partial charge in [-0.25, -0.2) is 9.97 Å². The molecule has 0 spiro atoms. The summed E-state index contributed by atoms with van der Waals surface area (Å²) in [7, 11) is 3.45. The molecule has 0 bridgehead atoms. The van der Waals surface area contributed by atoms with Crippen LogP contribution in [0.1, 0.15) is 11.1 Å². The van der Waals surface area contributed by atoms with Crippen LogP contribution in [0.25, 0.3) is 28.1 Å². The summed E-state index contributed by atoms with van der Waals surface area (Å²) in [4.78, 5) is 42.6. The predicted octanol–water partition coefficient (Wildman–Crippen LogP) is 3.52. The van der Waals surface area contributed by atoms with E-state index in [4.69, 9.17) is 4.98 Å². The Labute approximate surface area is 207 Å². The molecule has 1 unspecified atom stereocenters. The van der Waals surface area contributed by atoms with E-state index in [1.807, 2.05) is 60.2 Å². The van der Waals surface area contributed by atoms with E-state index in [-0.39, 0.29) is 11.5 Å². The van der Waals surface area contributed by atoms with Crippen molar-refractivity contribution in [2.45, 2.75) is 19.4 Å². The molecule has 0 fully saturated rings. The molecule has 5 aromatic rings. The number of aromatic amines is 2. The first-order chi connectivity index (χ1) is 17.4. The number of aryl methyl sites for hydroxylation is 1. The Morgan fingerprint density at radius 2 is 1.97 bits per heavy atom. The fourth-order valence-corrected chi connectivity index (χ4v) is 4.33. The van der Waals surface area contributed by atoms with Crippen LogP contribution in [0.15, 0.2) is 78.2 Å². The van der Waals surface area contributed by atoms with Gasteiger partial charge < -0.3 is 24.8 Å². The van der Waals surface area contributed by atoms with Crippen LogP contribution in [0.4, 0.5) is 5.69 Å². The topological polar surface area (TPSA) is 112 Å². The first-order valence-corrected chi connectivity index (χ1v) is 11.6. The lowest BCUT2D eigenvalue weighted by atomic mass is 10.0. The Bertz CT molecular complexity index is 1570. The van der Waals surface area contributed by atoms with E-state index < -0.39 is 6.04 Å². The van der Waals surface area contributed by atoms with Gasteiger partial charge in [-0.15, -0.1) is 0 Å². The van der Waals surface area contributed by atoms with Crippen LogP contribution in [0.2, 0.25) is 0 Å². The Morgan fingerprint density at radius 1 is 1.17 bits per heavy atom. The smallest absolute Gasteiger partial charge is 0.261 e. The third kappa shape index (κ3) is 4.50. The van der Waals surface area contributed by atoms with Gasteiger partial charge in [0, 0.05) is 44.8 Å². The molecule has 0 aliphatic carbocycles. The maximum atomic E-state index is 13.1. The van der Waals surface area contributed by atoms with Crippen LogP contribution < -0.4 is 10.9 Å². The minimum Gasteiger partial charge on any atom is -0.373 e. The molecule has 1 atom stereocenters. The van der Waals surface area contributed by atoms with Gasteiger partial charge in [0.15, 0.2) is 0 Å². The molecule has 36 heavy (non-hydrogen) atoms. The number of fused-ring (bicyclic) bond motifs is 1. The molecule has 3 N–H and O–H groups in total. The van der Waals surface area contributed by atoms with Gasteiger partial charge in [-0.2, -0.15) is 0 Å². The first-order valence-electron chi connectivity index (χ1n) is 11.6. The van der Waals surface area contributed by atoms with E-state index in [1.54, 1.807) is 43.8 Å². The third-order valence-corrected chi connectivity index (χ3v) is 6.11. The van der Waals surface area contributed by atoms with Gasteiger partial charge in [-0.1, -0.05) is 30.3 Å². The maximum Gasteiger partial charge on any atom is 0.261 e. The number of anilines is 1. The largest absolute Gasteiger partial charge is 0.373 e. The monoisotopic (exact) mass is 481 g/mol. The number of H-pyrrole nitrogens is 2. The molecule has 0 saturated carbocycles. The fraction of sp³-hybridized carbons (Fsp3) is 0.185. The number of carbonyl (C=O) groups is 1. The van der Waals surface area contributed by atoms with Crippen LogP contribution in [0, 0.1) is 6.92 Å². The molecule has 182 valence electrons. The Morgan fingerprint density at radius 3 is 2.69 bits per heavy atom. The van der Waals surface area contributed by atoms with Crippen LogP contribution >= 0.6 is 0 Å². The molecule has 0 aliphatic rings. The van der Waals surface area contributed by atoms with Crippen molar-refractivity contribution in [2.24, 2.45) is 0 Å². The summed E-state index contributed by atoms with van der Waals surface area (Å²) >= 11 is 0. The molecular weight excluding hydrogens is 454 g/mol. The summed E-state index contributed by atoms with van der Waals surface area (Å²) < 4.78 is 1.91. The number of likely N-dealkylation sites (N-methyl/N-ethyl adjacent to an activating group) is 1. The lowest BCUT2D eigenvalue weighted by Gasteiger charge is -2.23. The number of nitrogens with one attached hydrogen (secondary N) is 3. The molecule has 5 rings (SSSR count). The lowest BCUT2D eigenvalue weighted by molar-refractivity contribution is -0.129. The van der Waals surface area contributed by atoms with Gasteiger partial charge in [0.05, 0.1) is 23.0 Å². The second-order valence-corrected chi connectivity index (χ2v) is 8.93. The summed E-state index contributed by atoms with van der Waals surface area (Å²) in [6.45, 7) is 1.98. The molecule has 9 heteroatoms. The van der Waals surface area contributed by atoms with Gasteiger partial charge in [0.25, 0.3) is 5.56 Å². The summed E-state index contributed by atoms with van der Waals surface area (Å²) in [5.41, 5.74) is 5.06. The van der Waals surface area contributed by atoms with Crippen molar-refractivity contribution in [3.63, 3.8) is 0 Å². The number of hydrogen-bond acceptors (Lipinski definition) is 5. The maximum absolute atomic E-state index is 13.1. The van der Waals surface area contributed by atoms with Crippen LogP contribution in [-0.2, 0) is 11.2 Å². The molecule has 3 aromatic heterocycles. The van der Waals surface area contributed by atoms with Crippen molar-refractivity contribution in [3.05, 3.63) is 94.9 Å². The molecule has 9 nitrogen and oxygen atoms in total. The molecule has 0 aliphatic heterocycles. The fourth-order valence-electron chi connectivity index (χ4n) is 4.33. The summed E-state index contributed by atoms with van der Waals surface area (Å²) in [5, 5.41) is 3.33. The highest BCUT2D eigenvalue weighted by atomic mass is 16.2. The summed E-state index contributed by atoms with van der Waals surface area (Å²) in [6, 6.07) is 15.0. The Kier molecular flexibility index (Phi) is 6.12. The number of hydrogen-bond donors (Lipinski definition) is 3. The Hall–Kier alpha value is -4.66. The van der Waals surface area contributed by atoms with E-state index >= 15 is 0 Å². The van der Waals surface area contributed by atoms with Gasteiger partial charge in [-0.05, 0) is 36.2 Å². The van der Waals surface area contributed by atoms with Crippen LogP contribution in [-0.4, -0.2) is 55.4 Å². The third-order valence-electron chi connectivity index (χ3n) is 6.11. The van der Waals surface area contributed by atoms with Gasteiger partial charge in [0.1, 0.15) is 17.4 Å². The second-order valence-electron chi connectivity index (χ2n) is 8.93. The van der Waals surface area contributed by atoms with Crippen LogP contribution in [0.3, 0.4) is 0 Å². The van der Waals surface area contributed by atoms with Crippen molar-refractivity contribution in [3.8, 4) is 17.1 Å². The minimum absolute atomic E-state index is 0.0875. The van der Waals surface area contributed by atoms with Crippen molar-refractivity contribution in [2.75, 3.05) is 19.4 Å². The average Bonchev–Trinajstić information content (AvgIpc) is 3.54. The van der Waals surface area contributed by atoms with E-state index in [2.05, 4.69) is 20.3 Å². The summed E-state index contributed by atoms with van der Waals surface area (Å²) in [6.07, 6.45) is 7.36. The quantitative estimate of drug-likeness (QED) is 0.329. The number of imidazole rings is 2. The number of benzene rings is 2. The average molecular weight is 482 g/mol. The van der Waals surface area contributed by atoms with Crippen molar-refractivity contribution < 1.29 is 4.79 Å². The number of pyridine rings is 1. The van der Waals surface area contributed by atoms with E-state index in [0.29, 0.717) is 23.5 Å². The number of carbonyl (C=O) groups excluding carboxylic acids is 1. The highest BCUT2D eigenvalue weighted by molar-refractivity contribution is 5.89. The molecule has 0 radical (unpaired) electrons. The van der Waals surface area contributed by atoms with Crippen LogP contribution in [0.5, 0.6) is 0 Å². The molecule has 0 saturated heterocycles. The van der Waals surface area contributed by atoms with Gasteiger partial charge >= 0.3 is 0 Å². The van der Waals surface area contributed by atoms with Gasteiger partial charge in [-0.3, -0.25) is 9.59 Å². The second kappa shape index (κ2) is 9.53. The zero-order valence-electron chi connectivity index (χ0n) is 20.3. The highest BCUT2D eigenvalue weighted by Gasteiger charge is 2.24. The van der Waals surface area contributed by atoms with E-state index in [1.165, 1.54) is 0 Å². The number of aromatic nitrogens is 5. The zero-order chi connectivity index (χ0) is 25.2. The summed E-state index contributed by atoms with van der Waals surface area (Å²) in [5.74, 6) is 0.339. The van der Waals surface area contributed by atoms with Crippen molar-refractivity contribution in [1.29, 1.82) is 0 Å². The number of amides is 1. The predicted molar refractivity (Wildman–Crippen MR) is 140 cm³/mol. The number of rotatable bonds is 7.